The van der Waals surface area contributed by atoms with Crippen LogP contribution >= 0.6 is 23.5 Å². The van der Waals surface area contributed by atoms with E-state index in [0.29, 0.717) is 5.44 Å². The van der Waals surface area contributed by atoms with Gasteiger partial charge in [0.2, 0.25) is 0 Å². The lowest BCUT2D eigenvalue weighted by Crippen LogP contribution is -2.11. The molecule has 0 aliphatic heterocycles. The molecule has 1 heterocycles. The summed E-state index contributed by atoms with van der Waals surface area (Å²) in [6.07, 6.45) is 0. The Bertz CT molecular complexity index is 594. The van der Waals surface area contributed by atoms with Crippen molar-refractivity contribution in [2.45, 2.75) is 0 Å². The third-order valence-electron chi connectivity index (χ3n) is 2.40. The highest BCUT2D eigenvalue weighted by atomic mass is 79.9. The molecule has 0 amide bonds. The number of aromatic nitrogens is 1. The maximum Gasteiger partial charge on any atom is 0.379 e. The summed E-state index contributed by atoms with van der Waals surface area (Å²) in [6, 6.07) is 9.16. The van der Waals surface area contributed by atoms with Crippen molar-refractivity contribution in [2.24, 2.45) is 0 Å². The summed E-state index contributed by atoms with van der Waals surface area (Å²) in [5, 5.41) is 0.960. The average Bonchev–Trinajstić information content (AvgIpc) is 2.37. The van der Waals surface area contributed by atoms with Crippen molar-refractivity contribution in [3.8, 4) is 0 Å². The second kappa shape index (κ2) is 4.86. The third-order valence-corrected chi connectivity index (χ3v) is 4.66. The molecular formula is C11H11BrNO3P. The SMILES string of the molecule is COP(=O)(OC)c1ccc2cc(Br)ccc2n1. The fourth-order valence-electron chi connectivity index (χ4n) is 1.50. The van der Waals surface area contributed by atoms with Crippen LogP contribution in [0.15, 0.2) is 34.8 Å². The zero-order chi connectivity index (χ0) is 12.5. The van der Waals surface area contributed by atoms with E-state index in [-0.39, 0.29) is 0 Å². The van der Waals surface area contributed by atoms with Gasteiger partial charge in [-0.2, -0.15) is 0 Å². The Kier molecular flexibility index (Phi) is 3.64. The summed E-state index contributed by atoms with van der Waals surface area (Å²) in [6.45, 7) is 0. The van der Waals surface area contributed by atoms with Crippen LogP contribution in [0.4, 0.5) is 0 Å². The highest BCUT2D eigenvalue weighted by Gasteiger charge is 2.26. The van der Waals surface area contributed by atoms with Crippen molar-refractivity contribution in [3.63, 3.8) is 0 Å². The van der Waals surface area contributed by atoms with Crippen molar-refractivity contribution in [1.82, 2.24) is 4.98 Å². The van der Waals surface area contributed by atoms with Crippen LogP contribution in [-0.4, -0.2) is 19.2 Å². The molecule has 90 valence electrons. The number of nitrogens with zero attached hydrogens (tertiary/aromatic N) is 1. The van der Waals surface area contributed by atoms with Gasteiger partial charge in [0.1, 0.15) is 0 Å². The van der Waals surface area contributed by atoms with Gasteiger partial charge in [0.15, 0.2) is 5.44 Å². The molecule has 0 fully saturated rings. The summed E-state index contributed by atoms with van der Waals surface area (Å²) >= 11 is 3.39. The normalized spacial score (nSPS) is 11.9. The largest absolute Gasteiger partial charge is 0.379 e. The minimum Gasteiger partial charge on any atom is -0.308 e. The lowest BCUT2D eigenvalue weighted by Gasteiger charge is -2.13. The molecule has 2 rings (SSSR count). The van der Waals surface area contributed by atoms with E-state index in [4.69, 9.17) is 9.05 Å². The number of hydrogen-bond acceptors (Lipinski definition) is 4. The quantitative estimate of drug-likeness (QED) is 0.817. The Hall–Kier alpha value is -0.740. The molecule has 0 aliphatic rings. The summed E-state index contributed by atoms with van der Waals surface area (Å²) < 4.78 is 22.9. The van der Waals surface area contributed by atoms with Gasteiger partial charge in [0.25, 0.3) is 0 Å². The van der Waals surface area contributed by atoms with Crippen LogP contribution in [0.1, 0.15) is 0 Å². The Labute approximate surface area is 108 Å². The number of hydrogen-bond donors (Lipinski definition) is 0. The lowest BCUT2D eigenvalue weighted by molar-refractivity contribution is 0.286. The van der Waals surface area contributed by atoms with E-state index < -0.39 is 7.60 Å². The highest BCUT2D eigenvalue weighted by molar-refractivity contribution is 9.10. The second-order valence-electron chi connectivity index (χ2n) is 3.37. The molecule has 0 N–H and O–H groups in total. The van der Waals surface area contributed by atoms with Crippen LogP contribution in [0.3, 0.4) is 0 Å². The molecule has 0 radical (unpaired) electrons. The Morgan fingerprint density at radius 3 is 2.53 bits per heavy atom. The van der Waals surface area contributed by atoms with Crippen molar-refractivity contribution >= 4 is 39.9 Å². The van der Waals surface area contributed by atoms with Crippen LogP contribution < -0.4 is 5.44 Å². The van der Waals surface area contributed by atoms with E-state index >= 15 is 0 Å². The number of pyridine rings is 1. The van der Waals surface area contributed by atoms with E-state index in [2.05, 4.69) is 20.9 Å². The monoisotopic (exact) mass is 315 g/mol. The van der Waals surface area contributed by atoms with Gasteiger partial charge >= 0.3 is 7.60 Å². The van der Waals surface area contributed by atoms with Gasteiger partial charge in [-0.05, 0) is 24.3 Å². The predicted octanol–water partition coefficient (Wildman–Crippen LogP) is 3.11. The molecule has 0 unspecified atom stereocenters. The van der Waals surface area contributed by atoms with Gasteiger partial charge in [-0.1, -0.05) is 22.0 Å². The Balaban J connectivity index is 2.59. The maximum absolute atomic E-state index is 12.1. The summed E-state index contributed by atoms with van der Waals surface area (Å²) in [7, 11) is -0.583. The molecule has 0 spiro atoms. The molecule has 1 aromatic heterocycles. The van der Waals surface area contributed by atoms with E-state index in [0.717, 1.165) is 15.4 Å². The molecular weight excluding hydrogens is 305 g/mol. The van der Waals surface area contributed by atoms with Gasteiger partial charge in [-0.15, -0.1) is 0 Å². The molecule has 6 heteroatoms. The first-order valence-corrected chi connectivity index (χ1v) is 7.21. The standard InChI is InChI=1S/C11H11BrNO3P/c1-15-17(14,16-2)11-6-3-8-7-9(12)4-5-10(8)13-11/h3-7H,1-2H3. The zero-order valence-electron chi connectivity index (χ0n) is 9.38. The van der Waals surface area contributed by atoms with E-state index in [9.17, 15) is 4.57 Å². The van der Waals surface area contributed by atoms with E-state index in [1.54, 1.807) is 6.07 Å². The predicted molar refractivity (Wildman–Crippen MR) is 70.7 cm³/mol. The highest BCUT2D eigenvalue weighted by Crippen LogP contribution is 2.44. The van der Waals surface area contributed by atoms with Gasteiger partial charge in [0.05, 0.1) is 5.52 Å². The molecule has 2 aromatic rings. The Morgan fingerprint density at radius 2 is 1.88 bits per heavy atom. The van der Waals surface area contributed by atoms with Crippen LogP contribution in [0.2, 0.25) is 0 Å². The first kappa shape index (κ1) is 12.7. The third kappa shape index (κ3) is 2.43. The summed E-state index contributed by atoms with van der Waals surface area (Å²) in [4.78, 5) is 4.30. The van der Waals surface area contributed by atoms with Gasteiger partial charge < -0.3 is 9.05 Å². The van der Waals surface area contributed by atoms with Crippen molar-refractivity contribution in [3.05, 3.63) is 34.8 Å². The average molecular weight is 316 g/mol. The summed E-state index contributed by atoms with van der Waals surface area (Å²) in [5.41, 5.74) is 1.07. The molecule has 0 bridgehead atoms. The molecule has 0 saturated carbocycles. The van der Waals surface area contributed by atoms with E-state index in [1.807, 2.05) is 24.3 Å². The van der Waals surface area contributed by atoms with Crippen molar-refractivity contribution in [1.29, 1.82) is 0 Å². The summed E-state index contributed by atoms with van der Waals surface area (Å²) in [5.74, 6) is 0. The van der Waals surface area contributed by atoms with Gasteiger partial charge in [0, 0.05) is 24.1 Å². The smallest absolute Gasteiger partial charge is 0.308 e. The zero-order valence-corrected chi connectivity index (χ0v) is 11.9. The van der Waals surface area contributed by atoms with E-state index in [1.165, 1.54) is 14.2 Å². The fourth-order valence-corrected chi connectivity index (χ4v) is 2.89. The first-order valence-electron chi connectivity index (χ1n) is 4.87. The molecule has 0 aliphatic carbocycles. The lowest BCUT2D eigenvalue weighted by atomic mass is 10.2. The minimum absolute atomic E-state index is 0.317. The van der Waals surface area contributed by atoms with Crippen LogP contribution in [-0.2, 0) is 13.6 Å². The van der Waals surface area contributed by atoms with Crippen molar-refractivity contribution < 1.29 is 13.6 Å². The first-order chi connectivity index (χ1) is 8.09. The molecule has 4 nitrogen and oxygen atoms in total. The van der Waals surface area contributed by atoms with Crippen LogP contribution in [0.5, 0.6) is 0 Å². The number of benzene rings is 1. The fraction of sp³-hybridized carbons (Fsp3) is 0.182. The molecule has 17 heavy (non-hydrogen) atoms. The van der Waals surface area contributed by atoms with Crippen LogP contribution in [0, 0.1) is 0 Å². The number of rotatable bonds is 3. The van der Waals surface area contributed by atoms with Gasteiger partial charge in [-0.3, -0.25) is 4.57 Å². The van der Waals surface area contributed by atoms with Gasteiger partial charge in [-0.25, -0.2) is 4.98 Å². The maximum atomic E-state index is 12.1. The molecule has 0 saturated heterocycles. The van der Waals surface area contributed by atoms with Crippen molar-refractivity contribution in [2.75, 3.05) is 14.2 Å². The minimum atomic E-state index is -3.27. The molecule has 0 atom stereocenters. The Morgan fingerprint density at radius 1 is 1.18 bits per heavy atom. The topological polar surface area (TPSA) is 48.4 Å². The second-order valence-corrected chi connectivity index (χ2v) is 6.47. The number of fused-ring (bicyclic) bond motifs is 1. The molecule has 1 aromatic carbocycles. The van der Waals surface area contributed by atoms with Crippen LogP contribution in [0.25, 0.3) is 10.9 Å². The number of halogens is 1.